The van der Waals surface area contributed by atoms with E-state index < -0.39 is 0 Å². The van der Waals surface area contributed by atoms with Crippen molar-refractivity contribution in [2.75, 3.05) is 19.8 Å². The van der Waals surface area contributed by atoms with Crippen molar-refractivity contribution in [1.82, 2.24) is 5.48 Å². The van der Waals surface area contributed by atoms with Gasteiger partial charge < -0.3 is 4.74 Å². The van der Waals surface area contributed by atoms with Crippen molar-refractivity contribution in [3.8, 4) is 12.3 Å². The van der Waals surface area contributed by atoms with E-state index in [1.807, 2.05) is 0 Å². The Morgan fingerprint density at radius 1 is 1.73 bits per heavy atom. The minimum atomic E-state index is 0.312. The normalized spacial score (nSPS) is 23.4. The number of ether oxygens (including phenoxy) is 1. The van der Waals surface area contributed by atoms with Crippen LogP contribution in [0.15, 0.2) is 0 Å². The number of nitrogens with one attached hydrogen (secondary N) is 1. The molecular formula is C8H13NO2. The van der Waals surface area contributed by atoms with Gasteiger partial charge in [-0.15, -0.1) is 6.42 Å². The Labute approximate surface area is 67.0 Å². The maximum atomic E-state index is 5.34. The zero-order valence-electron chi connectivity index (χ0n) is 6.51. The summed E-state index contributed by atoms with van der Waals surface area (Å²) in [6.45, 7) is 1.93. The monoisotopic (exact) mass is 155 g/mol. The fraction of sp³-hybridized carbons (Fsp3) is 0.750. The summed E-state index contributed by atoms with van der Waals surface area (Å²) in [4.78, 5) is 4.88. The SMILES string of the molecule is C#CCONCC1CCCO1. The highest BCUT2D eigenvalue weighted by molar-refractivity contribution is 4.82. The summed E-state index contributed by atoms with van der Waals surface area (Å²) < 4.78 is 5.34. The predicted molar refractivity (Wildman–Crippen MR) is 41.8 cm³/mol. The standard InChI is InChI=1S/C8H13NO2/c1-2-5-11-9-7-8-4-3-6-10-8/h1,8-9H,3-7H2. The molecule has 0 spiro atoms. The minimum Gasteiger partial charge on any atom is -0.377 e. The van der Waals surface area contributed by atoms with Crippen molar-refractivity contribution in [3.63, 3.8) is 0 Å². The Kier molecular flexibility index (Phi) is 3.99. The van der Waals surface area contributed by atoms with E-state index in [2.05, 4.69) is 11.4 Å². The van der Waals surface area contributed by atoms with Crippen LogP contribution in [-0.2, 0) is 9.57 Å². The van der Waals surface area contributed by atoms with Gasteiger partial charge in [0.2, 0.25) is 0 Å². The van der Waals surface area contributed by atoms with Crippen molar-refractivity contribution in [2.45, 2.75) is 18.9 Å². The van der Waals surface area contributed by atoms with E-state index >= 15 is 0 Å². The molecule has 1 saturated heterocycles. The Bertz CT molecular complexity index is 136. The minimum absolute atomic E-state index is 0.312. The van der Waals surface area contributed by atoms with Crippen LogP contribution >= 0.6 is 0 Å². The molecule has 1 heterocycles. The number of hydrogen-bond acceptors (Lipinski definition) is 3. The van der Waals surface area contributed by atoms with Crippen LogP contribution in [0.3, 0.4) is 0 Å². The molecule has 0 aliphatic carbocycles. The van der Waals surface area contributed by atoms with Crippen LogP contribution in [0, 0.1) is 12.3 Å². The third-order valence-corrected chi connectivity index (χ3v) is 1.59. The lowest BCUT2D eigenvalue weighted by Crippen LogP contribution is -2.26. The van der Waals surface area contributed by atoms with Gasteiger partial charge in [-0.25, -0.2) is 0 Å². The molecule has 62 valence electrons. The number of hydroxylamine groups is 1. The van der Waals surface area contributed by atoms with E-state index in [4.69, 9.17) is 16.0 Å². The molecule has 3 heteroatoms. The largest absolute Gasteiger partial charge is 0.377 e. The van der Waals surface area contributed by atoms with Crippen LogP contribution in [-0.4, -0.2) is 25.9 Å². The first-order chi connectivity index (χ1) is 5.43. The van der Waals surface area contributed by atoms with Gasteiger partial charge in [0.1, 0.15) is 6.61 Å². The van der Waals surface area contributed by atoms with Crippen LogP contribution in [0.1, 0.15) is 12.8 Å². The van der Waals surface area contributed by atoms with Crippen LogP contribution in [0.25, 0.3) is 0 Å². The third-order valence-electron chi connectivity index (χ3n) is 1.59. The summed E-state index contributed by atoms with van der Waals surface area (Å²) in [5.41, 5.74) is 2.76. The van der Waals surface area contributed by atoms with Gasteiger partial charge in [-0.05, 0) is 12.8 Å². The first-order valence-corrected chi connectivity index (χ1v) is 3.83. The van der Waals surface area contributed by atoms with Crippen LogP contribution in [0.5, 0.6) is 0 Å². The Morgan fingerprint density at radius 3 is 3.27 bits per heavy atom. The van der Waals surface area contributed by atoms with Gasteiger partial charge in [0.05, 0.1) is 6.10 Å². The summed E-state index contributed by atoms with van der Waals surface area (Å²) in [6, 6.07) is 0. The predicted octanol–water partition coefficient (Wildman–Crippen LogP) is 0.320. The summed E-state index contributed by atoms with van der Waals surface area (Å²) >= 11 is 0. The molecule has 11 heavy (non-hydrogen) atoms. The number of hydrogen-bond donors (Lipinski definition) is 1. The fourth-order valence-electron chi connectivity index (χ4n) is 1.05. The molecule has 1 unspecified atom stereocenters. The average molecular weight is 155 g/mol. The lowest BCUT2D eigenvalue weighted by molar-refractivity contribution is 0.0217. The third kappa shape index (κ3) is 3.38. The van der Waals surface area contributed by atoms with Crippen molar-refractivity contribution in [2.24, 2.45) is 0 Å². The summed E-state index contributed by atoms with van der Waals surface area (Å²) in [5.74, 6) is 2.37. The van der Waals surface area contributed by atoms with Gasteiger partial charge in [-0.3, -0.25) is 4.84 Å². The zero-order chi connectivity index (χ0) is 7.94. The maximum absolute atomic E-state index is 5.34. The molecule has 1 rings (SSSR count). The fourth-order valence-corrected chi connectivity index (χ4v) is 1.05. The lowest BCUT2D eigenvalue weighted by Gasteiger charge is -2.08. The molecule has 0 aromatic rings. The quantitative estimate of drug-likeness (QED) is 0.360. The molecule has 0 radical (unpaired) electrons. The first kappa shape index (κ1) is 8.54. The van der Waals surface area contributed by atoms with Gasteiger partial charge in [0.15, 0.2) is 0 Å². The number of terminal acetylenes is 1. The zero-order valence-corrected chi connectivity index (χ0v) is 6.51. The second-order valence-electron chi connectivity index (χ2n) is 2.48. The molecule has 0 amide bonds. The molecule has 0 saturated carbocycles. The maximum Gasteiger partial charge on any atom is 0.128 e. The first-order valence-electron chi connectivity index (χ1n) is 3.83. The lowest BCUT2D eigenvalue weighted by atomic mass is 10.2. The highest BCUT2D eigenvalue weighted by atomic mass is 16.6. The van der Waals surface area contributed by atoms with Crippen LogP contribution in [0.2, 0.25) is 0 Å². The molecule has 1 aliphatic heterocycles. The van der Waals surface area contributed by atoms with E-state index in [-0.39, 0.29) is 0 Å². The Hall–Kier alpha value is -0.560. The van der Waals surface area contributed by atoms with Crippen molar-refractivity contribution >= 4 is 0 Å². The van der Waals surface area contributed by atoms with Gasteiger partial charge in [0.25, 0.3) is 0 Å². The molecule has 1 N–H and O–H groups in total. The van der Waals surface area contributed by atoms with Gasteiger partial charge >= 0.3 is 0 Å². The van der Waals surface area contributed by atoms with E-state index in [1.165, 1.54) is 0 Å². The summed E-state index contributed by atoms with van der Waals surface area (Å²) in [6.07, 6.45) is 7.56. The average Bonchev–Trinajstić information content (AvgIpc) is 2.50. The van der Waals surface area contributed by atoms with Gasteiger partial charge in [-0.2, -0.15) is 5.48 Å². The molecule has 0 aromatic heterocycles. The van der Waals surface area contributed by atoms with E-state index in [0.29, 0.717) is 12.7 Å². The second kappa shape index (κ2) is 5.14. The molecule has 0 bridgehead atoms. The highest BCUT2D eigenvalue weighted by Gasteiger charge is 2.14. The highest BCUT2D eigenvalue weighted by Crippen LogP contribution is 2.10. The van der Waals surface area contributed by atoms with Crippen LogP contribution < -0.4 is 5.48 Å². The smallest absolute Gasteiger partial charge is 0.128 e. The van der Waals surface area contributed by atoms with E-state index in [9.17, 15) is 0 Å². The van der Waals surface area contributed by atoms with Crippen molar-refractivity contribution < 1.29 is 9.57 Å². The topological polar surface area (TPSA) is 30.5 Å². The molecular weight excluding hydrogens is 142 g/mol. The van der Waals surface area contributed by atoms with Gasteiger partial charge in [-0.1, -0.05) is 5.92 Å². The second-order valence-corrected chi connectivity index (χ2v) is 2.48. The summed E-state index contributed by atoms with van der Waals surface area (Å²) in [5, 5.41) is 0. The van der Waals surface area contributed by atoms with E-state index in [0.717, 1.165) is 26.0 Å². The molecule has 1 atom stereocenters. The van der Waals surface area contributed by atoms with Crippen LogP contribution in [0.4, 0.5) is 0 Å². The van der Waals surface area contributed by atoms with E-state index in [1.54, 1.807) is 0 Å². The van der Waals surface area contributed by atoms with Gasteiger partial charge in [0, 0.05) is 13.2 Å². The van der Waals surface area contributed by atoms with Crippen molar-refractivity contribution in [1.29, 1.82) is 0 Å². The molecule has 1 aliphatic rings. The molecule has 1 fully saturated rings. The number of rotatable bonds is 4. The molecule has 0 aromatic carbocycles. The Morgan fingerprint density at radius 2 is 2.64 bits per heavy atom. The summed E-state index contributed by atoms with van der Waals surface area (Å²) in [7, 11) is 0. The molecule has 3 nitrogen and oxygen atoms in total. The Balaban J connectivity index is 1.90. The van der Waals surface area contributed by atoms with Crippen molar-refractivity contribution in [3.05, 3.63) is 0 Å².